The van der Waals surface area contributed by atoms with E-state index >= 15 is 0 Å². The predicted molar refractivity (Wildman–Crippen MR) is 526 cm³/mol. The smallest absolute Gasteiger partial charge is 0.142 e. The van der Waals surface area contributed by atoms with Crippen molar-refractivity contribution in [1.29, 1.82) is 0 Å². The molecule has 0 aliphatic carbocycles. The van der Waals surface area contributed by atoms with Crippen LogP contribution in [0.2, 0.25) is 25.1 Å². The Labute approximate surface area is 799 Å². The lowest BCUT2D eigenvalue weighted by atomic mass is 10.2. The van der Waals surface area contributed by atoms with Crippen LogP contribution >= 0.6 is 114 Å². The molecule has 14 aromatic carbocycles. The summed E-state index contributed by atoms with van der Waals surface area (Å²) in [5.74, 6) is 4.08. The van der Waals surface area contributed by atoms with Crippen LogP contribution in [0, 0.1) is 143 Å². The fraction of sp³-hybridized carbons (Fsp3) is 0.168. The van der Waals surface area contributed by atoms with Crippen LogP contribution in [0.3, 0.4) is 0 Å². The highest BCUT2D eigenvalue weighted by molar-refractivity contribution is 9.10. The zero-order valence-corrected chi connectivity index (χ0v) is 82.4. The number of rotatable bonds is 8. The van der Waals surface area contributed by atoms with Gasteiger partial charge in [-0.3, -0.25) is 0 Å². The number of phenols is 1. The molecule has 14 aromatic rings. The van der Waals surface area contributed by atoms with E-state index in [0.29, 0.717) is 60.1 Å². The monoisotopic (exact) mass is 2020 g/mol. The minimum atomic E-state index is -0.530. The fourth-order valence-electron chi connectivity index (χ4n) is 8.45. The Morgan fingerprint density at radius 2 is 0.602 bits per heavy atom. The third kappa shape index (κ3) is 56.0. The molecule has 27 heteroatoms. The summed E-state index contributed by atoms with van der Waals surface area (Å²) in [5, 5.41) is 11.5. The molecule has 128 heavy (non-hydrogen) atoms. The maximum Gasteiger partial charge on any atom is 0.142 e. The molecule has 0 heterocycles. The van der Waals surface area contributed by atoms with E-state index in [1.54, 1.807) is 127 Å². The number of ether oxygens (including phenoxy) is 2. The lowest BCUT2D eigenvalue weighted by Gasteiger charge is -2.02. The van der Waals surface area contributed by atoms with Gasteiger partial charge in [0.15, 0.2) is 0 Å². The van der Waals surface area contributed by atoms with E-state index in [1.807, 2.05) is 182 Å². The molecule has 684 valence electrons. The molecule has 0 spiro atoms. The summed E-state index contributed by atoms with van der Waals surface area (Å²) in [6.07, 6.45) is 0. The van der Waals surface area contributed by atoms with E-state index in [1.165, 1.54) is 96.6 Å². The number of aryl methyl sites for hydroxylation is 14. The van der Waals surface area contributed by atoms with Gasteiger partial charge in [0.25, 0.3) is 0 Å². The first kappa shape index (κ1) is 116. The topological polar surface area (TPSA) is 154 Å². The van der Waals surface area contributed by atoms with Crippen molar-refractivity contribution in [3.05, 3.63) is 450 Å². The summed E-state index contributed by atoms with van der Waals surface area (Å²) in [5.41, 5.74) is 25.4. The quantitative estimate of drug-likeness (QED) is 0.0376. The standard InChI is InChI=1S/C8H9ClO2S.C8H9FO.C8H10O.C7H6BrF.C7H7Br.2C7H6ClF.C7H8ClNO2S.C7H7Cl.C7H6F2.C7H8FN.C7H7F.C7H9N.C7H8O/c1-6-3-4-7(9)5-8(6)12-11-10-2;1-6-3-4-7(10-2)5-8(6)9;1-7-3-5-8(9-2)6-4-7;1-5-2-3-6(8)4-7(5)9;1-6-2-4-7(8)5-3-6;1-5-2-3-6(8)4-7(5)9;1-5-2-3-6(8)7(9)4-5;1-5-2-3-6(8)4-7(5)12-11-10-9;1-6-2-4-7(8)5-3-6;1-5-2-3-6(8)4-7(5)9;1-5-2-3-6(9)4-7(5)8;3*1-6-2-4-7(8)5-3-6/h3-5H,1-2H3;3-5H,1-2H3;3-6H,1-2H3;2-4H,1H3;2-5H,1H3;2*2-4H,1H3;2-4H,9H2,1H3;2-5H,1H3;2-4H,1H3;2-4H,9H2,1H3;2-5H,1H3;2-5H,8H2,1H3;2-5,8H,1H3. The molecule has 0 bridgehead atoms. The molecular weight excluding hydrogens is 1920 g/mol. The van der Waals surface area contributed by atoms with Crippen LogP contribution in [-0.2, 0) is 18.5 Å². The Kier molecular flexibility index (Phi) is 60.7. The second-order valence-electron chi connectivity index (χ2n) is 27.3. The number of nitrogen functional groups attached to an aromatic ring is 2. The highest BCUT2D eigenvalue weighted by Gasteiger charge is 2.05. The van der Waals surface area contributed by atoms with Gasteiger partial charge in [0.2, 0.25) is 0 Å². The van der Waals surface area contributed by atoms with Gasteiger partial charge in [0, 0.05) is 62.3 Å². The van der Waals surface area contributed by atoms with Gasteiger partial charge in [-0.25, -0.2) is 40.0 Å². The summed E-state index contributed by atoms with van der Waals surface area (Å²) in [4.78, 5) is 10.3. The molecule has 7 N–H and O–H groups in total. The molecular formula is C101H106Br2Cl5F8N3O7S2. The van der Waals surface area contributed by atoms with Gasteiger partial charge >= 0.3 is 0 Å². The molecule has 0 fully saturated rings. The van der Waals surface area contributed by atoms with E-state index < -0.39 is 11.6 Å². The number of nitrogens with two attached hydrogens (primary N) is 3. The molecule has 0 atom stereocenters. The fourth-order valence-corrected chi connectivity index (χ4v) is 10.9. The van der Waals surface area contributed by atoms with Crippen molar-refractivity contribution in [3.63, 3.8) is 0 Å². The Morgan fingerprint density at radius 3 is 0.945 bits per heavy atom. The Bertz CT molecular complexity index is 4770. The van der Waals surface area contributed by atoms with Crippen LogP contribution in [0.15, 0.2) is 310 Å². The van der Waals surface area contributed by atoms with Crippen molar-refractivity contribution in [2.75, 3.05) is 32.8 Å². The summed E-state index contributed by atoms with van der Waals surface area (Å²) in [7, 11) is 4.65. The van der Waals surface area contributed by atoms with Gasteiger partial charge in [0.1, 0.15) is 63.8 Å². The van der Waals surface area contributed by atoms with Crippen LogP contribution in [0.5, 0.6) is 17.2 Å². The molecule has 0 aliphatic heterocycles. The Morgan fingerprint density at radius 1 is 0.281 bits per heavy atom. The third-order valence-corrected chi connectivity index (χ3v) is 20.0. The lowest BCUT2D eigenvalue weighted by Crippen LogP contribution is -1.94. The van der Waals surface area contributed by atoms with Crippen LogP contribution in [0.25, 0.3) is 0 Å². The average molecular weight is 2030 g/mol. The van der Waals surface area contributed by atoms with E-state index in [0.717, 1.165) is 87.6 Å². The highest BCUT2D eigenvalue weighted by atomic mass is 79.9. The van der Waals surface area contributed by atoms with Crippen molar-refractivity contribution < 1.29 is 68.2 Å². The number of anilines is 2. The van der Waals surface area contributed by atoms with Gasteiger partial charge in [-0.1, -0.05) is 245 Å². The first-order valence-electron chi connectivity index (χ1n) is 38.4. The van der Waals surface area contributed by atoms with E-state index in [2.05, 4.69) is 77.9 Å². The van der Waals surface area contributed by atoms with Gasteiger partial charge in [-0.2, -0.15) is 10.2 Å². The highest BCUT2D eigenvalue weighted by Crippen LogP contribution is 2.28. The van der Waals surface area contributed by atoms with Crippen molar-refractivity contribution in [3.8, 4) is 17.2 Å². The number of methoxy groups -OCH3 is 2. The predicted octanol–water partition coefficient (Wildman–Crippen LogP) is 33.1. The zero-order chi connectivity index (χ0) is 96.4. The molecule has 0 amide bonds. The maximum absolute atomic E-state index is 12.7. The molecule has 0 saturated heterocycles. The SMILES string of the molecule is COOSc1cc(Cl)ccc1C.COc1ccc(C)c(F)c1.COc1ccc(C)cc1.Cc1ccc(Br)cc1.Cc1ccc(Br)cc1F.Cc1ccc(Cl)c(F)c1.Cc1ccc(Cl)cc1.Cc1ccc(Cl)cc1F.Cc1ccc(Cl)cc1SOON.Cc1ccc(F)cc1.Cc1ccc(F)cc1F.Cc1ccc(N)cc1.Cc1ccc(N)cc1F.Cc1ccc(O)cc1. The number of aromatic hydroxyl groups is 1. The molecule has 14 rings (SSSR count). The molecule has 0 unspecified atom stereocenters. The maximum atomic E-state index is 12.7. The zero-order valence-electron chi connectivity index (χ0n) is 73.8. The molecule has 0 saturated carbocycles. The number of hydrogen-bond acceptors (Lipinski definition) is 12. The number of halogens is 15. The van der Waals surface area contributed by atoms with Crippen molar-refractivity contribution in [2.24, 2.45) is 5.90 Å². The van der Waals surface area contributed by atoms with Gasteiger partial charge in [-0.05, 0) is 299 Å². The first-order chi connectivity index (χ1) is 60.5. The molecule has 0 aromatic heterocycles. The largest absolute Gasteiger partial charge is 0.508 e. The molecule has 0 aliphatic rings. The van der Waals surface area contributed by atoms with Crippen molar-refractivity contribution >= 4 is 125 Å². The van der Waals surface area contributed by atoms with E-state index in [9.17, 15) is 35.1 Å². The first-order valence-corrected chi connectivity index (χ1v) is 43.4. The second kappa shape index (κ2) is 66.7. The molecule has 0 radical (unpaired) electrons. The van der Waals surface area contributed by atoms with Crippen LogP contribution < -0.4 is 26.8 Å². The summed E-state index contributed by atoms with van der Waals surface area (Å²) in [6.45, 7) is 26.3. The van der Waals surface area contributed by atoms with Crippen LogP contribution in [0.1, 0.15) is 77.9 Å². The van der Waals surface area contributed by atoms with Crippen LogP contribution in [0.4, 0.5) is 46.5 Å². The molecule has 10 nitrogen and oxygen atoms in total. The minimum Gasteiger partial charge on any atom is -0.508 e. The van der Waals surface area contributed by atoms with Gasteiger partial charge < -0.3 is 26.0 Å². The van der Waals surface area contributed by atoms with Crippen molar-refractivity contribution in [1.82, 2.24) is 0 Å². The van der Waals surface area contributed by atoms with Gasteiger partial charge in [-0.15, -0.1) is 9.32 Å². The normalized spacial score (nSPS) is 9.57. The Balaban J connectivity index is 0.000000690. The second-order valence-corrected chi connectivity index (χ2v) is 32.7. The van der Waals surface area contributed by atoms with E-state index in [4.69, 9.17) is 88.4 Å². The number of hydrogen-bond donors (Lipinski definition) is 4. The number of phenolic OH excluding ortho intramolecular Hbond substituents is 1. The summed E-state index contributed by atoms with van der Waals surface area (Å²) >= 11 is 36.7. The minimum absolute atomic E-state index is 0.163. The van der Waals surface area contributed by atoms with Gasteiger partial charge in [0.05, 0.1) is 50.4 Å². The number of benzene rings is 14. The van der Waals surface area contributed by atoms with Crippen molar-refractivity contribution in [2.45, 2.75) is 107 Å². The third-order valence-electron chi connectivity index (χ3n) is 16.1. The summed E-state index contributed by atoms with van der Waals surface area (Å²) < 4.78 is 120. The summed E-state index contributed by atoms with van der Waals surface area (Å²) in [6, 6.07) is 83.6. The Hall–Kier alpha value is -9.57. The lowest BCUT2D eigenvalue weighted by molar-refractivity contribution is -0.195. The average Bonchev–Trinajstić information content (AvgIpc) is 0.639. The van der Waals surface area contributed by atoms with Crippen LogP contribution in [-0.4, -0.2) is 26.4 Å². The van der Waals surface area contributed by atoms with E-state index in [-0.39, 0.29) is 39.9 Å².